The highest BCUT2D eigenvalue weighted by Crippen LogP contribution is 2.18. The molecule has 0 bridgehead atoms. The molecular formula is C20H27NO4S. The van der Waals surface area contributed by atoms with Crippen LogP contribution < -0.4 is 5.32 Å². The van der Waals surface area contributed by atoms with Gasteiger partial charge in [-0.25, -0.2) is 0 Å². The SMILES string of the molecule is CSc1ccc(C(=O)CCC(=O)O[C@@H](C)C(=O)NC2CCCCC2)cc1. The average Bonchev–Trinajstić information content (AvgIpc) is 2.67. The van der Waals surface area contributed by atoms with Gasteiger partial charge in [-0.2, -0.15) is 0 Å². The molecule has 1 aliphatic carbocycles. The Morgan fingerprint density at radius 1 is 1.12 bits per heavy atom. The van der Waals surface area contributed by atoms with E-state index in [0.29, 0.717) is 5.56 Å². The molecule has 26 heavy (non-hydrogen) atoms. The first-order valence-corrected chi connectivity index (χ1v) is 10.4. The van der Waals surface area contributed by atoms with Gasteiger partial charge < -0.3 is 10.1 Å². The molecule has 0 aliphatic heterocycles. The van der Waals surface area contributed by atoms with E-state index in [0.717, 1.165) is 30.6 Å². The van der Waals surface area contributed by atoms with Gasteiger partial charge >= 0.3 is 5.97 Å². The van der Waals surface area contributed by atoms with Crippen molar-refractivity contribution in [3.8, 4) is 0 Å². The summed E-state index contributed by atoms with van der Waals surface area (Å²) in [6.45, 7) is 1.57. The van der Waals surface area contributed by atoms with Crippen molar-refractivity contribution in [3.63, 3.8) is 0 Å². The van der Waals surface area contributed by atoms with Gasteiger partial charge in [0, 0.05) is 22.9 Å². The smallest absolute Gasteiger partial charge is 0.307 e. The second kappa shape index (κ2) is 10.4. The lowest BCUT2D eigenvalue weighted by Crippen LogP contribution is -2.42. The predicted molar refractivity (Wildman–Crippen MR) is 102 cm³/mol. The molecule has 1 saturated carbocycles. The molecule has 0 unspecified atom stereocenters. The van der Waals surface area contributed by atoms with Gasteiger partial charge in [0.15, 0.2) is 11.9 Å². The molecule has 1 amide bonds. The zero-order valence-corrected chi connectivity index (χ0v) is 16.3. The normalized spacial score (nSPS) is 15.9. The van der Waals surface area contributed by atoms with Crippen LogP contribution in [0.2, 0.25) is 0 Å². The summed E-state index contributed by atoms with van der Waals surface area (Å²) in [6, 6.07) is 7.48. The summed E-state index contributed by atoms with van der Waals surface area (Å²) in [5, 5.41) is 2.94. The molecule has 5 nitrogen and oxygen atoms in total. The van der Waals surface area contributed by atoms with E-state index < -0.39 is 12.1 Å². The Morgan fingerprint density at radius 3 is 2.38 bits per heavy atom. The lowest BCUT2D eigenvalue weighted by molar-refractivity contribution is -0.155. The van der Waals surface area contributed by atoms with E-state index in [1.807, 2.05) is 18.4 Å². The second-order valence-electron chi connectivity index (χ2n) is 6.63. The number of rotatable bonds is 8. The van der Waals surface area contributed by atoms with Crippen molar-refractivity contribution >= 4 is 29.4 Å². The van der Waals surface area contributed by atoms with Crippen LogP contribution in [0.1, 0.15) is 62.2 Å². The van der Waals surface area contributed by atoms with Gasteiger partial charge in [0.05, 0.1) is 6.42 Å². The summed E-state index contributed by atoms with van der Waals surface area (Å²) >= 11 is 1.61. The Labute approximate surface area is 159 Å². The summed E-state index contributed by atoms with van der Waals surface area (Å²) in [4.78, 5) is 37.3. The standard InChI is InChI=1S/C20H27NO4S/c1-14(20(24)21-16-6-4-3-5-7-16)25-19(23)13-12-18(22)15-8-10-17(26-2)11-9-15/h8-11,14,16H,3-7,12-13H2,1-2H3,(H,21,24)/t14-/m0/s1. The molecule has 0 saturated heterocycles. The number of carbonyl (C=O) groups excluding carboxylic acids is 3. The molecule has 0 heterocycles. The average molecular weight is 378 g/mol. The van der Waals surface area contributed by atoms with Crippen LogP contribution in [0.25, 0.3) is 0 Å². The number of nitrogens with one attached hydrogen (secondary N) is 1. The summed E-state index contributed by atoms with van der Waals surface area (Å²) in [7, 11) is 0. The quantitative estimate of drug-likeness (QED) is 0.424. The van der Waals surface area contributed by atoms with E-state index in [9.17, 15) is 14.4 Å². The van der Waals surface area contributed by atoms with Crippen LogP contribution in [0.5, 0.6) is 0 Å². The monoisotopic (exact) mass is 377 g/mol. The zero-order valence-electron chi connectivity index (χ0n) is 15.5. The van der Waals surface area contributed by atoms with E-state index in [4.69, 9.17) is 4.74 Å². The number of thioether (sulfide) groups is 1. The molecule has 0 radical (unpaired) electrons. The third kappa shape index (κ3) is 6.48. The molecule has 2 rings (SSSR count). The number of hydrogen-bond donors (Lipinski definition) is 1. The number of esters is 1. The highest BCUT2D eigenvalue weighted by Gasteiger charge is 2.22. The van der Waals surface area contributed by atoms with Crippen molar-refractivity contribution < 1.29 is 19.1 Å². The van der Waals surface area contributed by atoms with Crippen molar-refractivity contribution in [2.75, 3.05) is 6.26 Å². The number of ketones is 1. The van der Waals surface area contributed by atoms with Crippen LogP contribution in [0.15, 0.2) is 29.2 Å². The second-order valence-corrected chi connectivity index (χ2v) is 7.51. The van der Waals surface area contributed by atoms with Crippen molar-refractivity contribution in [1.82, 2.24) is 5.32 Å². The van der Waals surface area contributed by atoms with Gasteiger partial charge in [-0.15, -0.1) is 11.8 Å². The fourth-order valence-corrected chi connectivity index (χ4v) is 3.42. The molecular weight excluding hydrogens is 350 g/mol. The van der Waals surface area contributed by atoms with Gasteiger partial charge in [-0.1, -0.05) is 31.4 Å². The summed E-state index contributed by atoms with van der Waals surface area (Å²) in [6.07, 6.45) is 6.62. The van der Waals surface area contributed by atoms with E-state index in [-0.39, 0.29) is 30.6 Å². The minimum absolute atomic E-state index is 0.0236. The third-order valence-corrected chi connectivity index (χ3v) is 5.34. The molecule has 142 valence electrons. The van der Waals surface area contributed by atoms with Crippen LogP contribution in [0.4, 0.5) is 0 Å². The molecule has 1 aliphatic rings. The number of benzene rings is 1. The zero-order chi connectivity index (χ0) is 18.9. The van der Waals surface area contributed by atoms with Crippen molar-refractivity contribution in [3.05, 3.63) is 29.8 Å². The molecule has 1 N–H and O–H groups in total. The van der Waals surface area contributed by atoms with E-state index >= 15 is 0 Å². The fraction of sp³-hybridized carbons (Fsp3) is 0.550. The first-order valence-electron chi connectivity index (χ1n) is 9.16. The van der Waals surface area contributed by atoms with Gasteiger partial charge in [-0.3, -0.25) is 14.4 Å². The number of hydrogen-bond acceptors (Lipinski definition) is 5. The minimum Gasteiger partial charge on any atom is -0.453 e. The Hall–Kier alpha value is -1.82. The number of amides is 1. The van der Waals surface area contributed by atoms with Gasteiger partial charge in [0.1, 0.15) is 0 Å². The number of carbonyl (C=O) groups is 3. The fourth-order valence-electron chi connectivity index (χ4n) is 3.01. The Morgan fingerprint density at radius 2 is 1.77 bits per heavy atom. The van der Waals surface area contributed by atoms with Crippen LogP contribution in [0.3, 0.4) is 0 Å². The van der Waals surface area contributed by atoms with Crippen molar-refractivity contribution in [2.24, 2.45) is 0 Å². The highest BCUT2D eigenvalue weighted by molar-refractivity contribution is 7.98. The van der Waals surface area contributed by atoms with Crippen molar-refractivity contribution in [1.29, 1.82) is 0 Å². The lowest BCUT2D eigenvalue weighted by atomic mass is 9.95. The molecule has 1 aromatic rings. The Kier molecular flexibility index (Phi) is 8.16. The minimum atomic E-state index is -0.833. The van der Waals surface area contributed by atoms with Crippen molar-refractivity contribution in [2.45, 2.75) is 68.9 Å². The Bertz CT molecular complexity index is 623. The van der Waals surface area contributed by atoms with E-state index in [2.05, 4.69) is 5.32 Å². The first-order chi connectivity index (χ1) is 12.5. The maximum Gasteiger partial charge on any atom is 0.307 e. The summed E-state index contributed by atoms with van der Waals surface area (Å²) in [5.74, 6) is -0.886. The summed E-state index contributed by atoms with van der Waals surface area (Å²) < 4.78 is 5.17. The molecule has 1 atom stereocenters. The molecule has 1 fully saturated rings. The van der Waals surface area contributed by atoms with E-state index in [1.54, 1.807) is 30.8 Å². The predicted octanol–water partition coefficient (Wildman–Crippen LogP) is 3.75. The van der Waals surface area contributed by atoms with Crippen LogP contribution >= 0.6 is 11.8 Å². The maximum absolute atomic E-state index is 12.1. The molecule has 0 spiro atoms. The number of Topliss-reactive ketones (excluding diaryl/α,β-unsaturated/α-hetero) is 1. The van der Waals surface area contributed by atoms with Crippen LogP contribution in [0, 0.1) is 0 Å². The van der Waals surface area contributed by atoms with Crippen LogP contribution in [-0.2, 0) is 14.3 Å². The molecule has 0 aromatic heterocycles. The highest BCUT2D eigenvalue weighted by atomic mass is 32.2. The van der Waals surface area contributed by atoms with Gasteiger partial charge in [-0.05, 0) is 38.2 Å². The first kappa shape index (κ1) is 20.5. The van der Waals surface area contributed by atoms with E-state index in [1.165, 1.54) is 6.42 Å². The molecule has 6 heteroatoms. The maximum atomic E-state index is 12.1. The summed E-state index contributed by atoms with van der Waals surface area (Å²) in [5.41, 5.74) is 0.582. The number of ether oxygens (including phenoxy) is 1. The van der Waals surface area contributed by atoms with Crippen LogP contribution in [-0.4, -0.2) is 36.1 Å². The topological polar surface area (TPSA) is 72.5 Å². The largest absolute Gasteiger partial charge is 0.453 e. The third-order valence-electron chi connectivity index (χ3n) is 4.60. The Balaban J connectivity index is 1.72. The van der Waals surface area contributed by atoms with Gasteiger partial charge in [0.2, 0.25) is 0 Å². The molecule has 1 aromatic carbocycles. The lowest BCUT2D eigenvalue weighted by Gasteiger charge is -2.24. The van der Waals surface area contributed by atoms with Gasteiger partial charge in [0.25, 0.3) is 5.91 Å².